The minimum Gasteiger partial charge on any atom is -0.147 e. The van der Waals surface area contributed by atoms with Gasteiger partial charge in [0.25, 0.3) is 0 Å². The van der Waals surface area contributed by atoms with Gasteiger partial charge in [-0.3, -0.25) is 0 Å². The monoisotopic (exact) mass is 408 g/mol. The molecule has 5 heteroatoms. The summed E-state index contributed by atoms with van der Waals surface area (Å²) in [6, 6.07) is 0. The Hall–Kier alpha value is 0.857. The molecule has 0 radical (unpaired) electrons. The molecule has 0 saturated carbocycles. The Bertz CT molecular complexity index is 395. The van der Waals surface area contributed by atoms with Gasteiger partial charge in [0.1, 0.15) is 0 Å². The number of halogens is 2. The summed E-state index contributed by atoms with van der Waals surface area (Å²) in [5, 5.41) is 3.61. The van der Waals surface area contributed by atoms with Gasteiger partial charge in [0.2, 0.25) is 0 Å². The number of hydrogen-bond acceptors (Lipinski definition) is 0. The van der Waals surface area contributed by atoms with E-state index < -0.39 is 40.8 Å². The fourth-order valence-electron chi connectivity index (χ4n) is 2.55. The summed E-state index contributed by atoms with van der Waals surface area (Å²) in [7, 11) is -1.17. The molecule has 0 aromatic rings. The van der Waals surface area contributed by atoms with Crippen molar-refractivity contribution in [2.24, 2.45) is 0 Å². The van der Waals surface area contributed by atoms with Crippen molar-refractivity contribution in [2.45, 2.75) is 39.0 Å². The van der Waals surface area contributed by atoms with Crippen molar-refractivity contribution in [3.05, 3.63) is 41.3 Å². The zero-order chi connectivity index (χ0) is 12.4. The zero-order valence-corrected chi connectivity index (χ0v) is 18.6. The average Bonchev–Trinajstić information content (AvgIpc) is 2.86. The Kier molecular flexibility index (Phi) is 9.40. The summed E-state index contributed by atoms with van der Waals surface area (Å²) in [4.78, 5) is 0. The van der Waals surface area contributed by atoms with Crippen LogP contribution in [-0.4, -0.2) is 17.6 Å². The summed E-state index contributed by atoms with van der Waals surface area (Å²) < 4.78 is 3.81. The van der Waals surface area contributed by atoms with Gasteiger partial charge < -0.3 is 0 Å². The zero-order valence-electron chi connectivity index (χ0n) is 12.2. The molecule has 0 atom stereocenters. The molecule has 0 amide bonds. The standard InChI is InChI=1S/2C7H11Si.2ClH.Zr/c2*1-8(2)7-5-3-4-6-7;;;/h2*3,5,8H,4H2,1-2H3;2*1H;. The van der Waals surface area contributed by atoms with Crippen molar-refractivity contribution < 1.29 is 23.2 Å². The summed E-state index contributed by atoms with van der Waals surface area (Å²) in [6.07, 6.45) is 12.3. The second-order valence-corrected chi connectivity index (χ2v) is 15.0. The summed E-state index contributed by atoms with van der Waals surface area (Å²) in [5.41, 5.74) is 0. The van der Waals surface area contributed by atoms with E-state index in [-0.39, 0.29) is 24.8 Å². The molecule has 19 heavy (non-hydrogen) atoms. The molecular formula is C14H24Cl2Si2Zr. The van der Waals surface area contributed by atoms with Gasteiger partial charge in [0, 0.05) is 0 Å². The molecule has 0 heterocycles. The number of rotatable bonds is 4. The molecule has 2 aliphatic rings. The molecule has 0 unspecified atom stereocenters. The molecule has 0 saturated heterocycles. The quantitative estimate of drug-likeness (QED) is 0.603. The molecule has 106 valence electrons. The van der Waals surface area contributed by atoms with Gasteiger partial charge in [-0.05, 0) is 0 Å². The van der Waals surface area contributed by atoms with Crippen LogP contribution in [0.5, 0.6) is 0 Å². The maximum absolute atomic E-state index is 2.48. The van der Waals surface area contributed by atoms with Crippen LogP contribution in [0.2, 0.25) is 26.2 Å². The van der Waals surface area contributed by atoms with E-state index in [0.717, 1.165) is 0 Å². The smallest absolute Gasteiger partial charge is 0.147 e. The van der Waals surface area contributed by atoms with Gasteiger partial charge in [-0.25, -0.2) is 0 Å². The van der Waals surface area contributed by atoms with Crippen molar-refractivity contribution in [3.63, 3.8) is 0 Å². The van der Waals surface area contributed by atoms with Crippen molar-refractivity contribution in [1.29, 1.82) is 0 Å². The molecule has 0 nitrogen and oxygen atoms in total. The minimum absolute atomic E-state index is 0. The van der Waals surface area contributed by atoms with Gasteiger partial charge in [-0.2, -0.15) is 0 Å². The van der Waals surface area contributed by atoms with Crippen LogP contribution in [0.3, 0.4) is 0 Å². The van der Waals surface area contributed by atoms with Crippen LogP contribution >= 0.6 is 24.8 Å². The largest absolute Gasteiger partial charge is 0.147 e. The Labute approximate surface area is 145 Å². The molecule has 2 rings (SSSR count). The van der Waals surface area contributed by atoms with Crippen LogP contribution in [0.25, 0.3) is 0 Å². The summed E-state index contributed by atoms with van der Waals surface area (Å²) in [6.45, 7) is 9.90. The van der Waals surface area contributed by atoms with Crippen molar-refractivity contribution in [1.82, 2.24) is 0 Å². The molecule has 0 bridgehead atoms. The van der Waals surface area contributed by atoms with Crippen LogP contribution in [-0.2, 0) is 23.2 Å². The number of allylic oxidation sites excluding steroid dienone is 8. The van der Waals surface area contributed by atoms with E-state index >= 15 is 0 Å². The molecule has 0 N–H and O–H groups in total. The minimum atomic E-state index is -0.583. The fourth-order valence-corrected chi connectivity index (χ4v) is 13.4. The SMILES string of the molecule is C[SiH](C)C1=[C]([Zr][C]2=C([SiH](C)C)C=CC2)CC=C1.Cl.Cl. The van der Waals surface area contributed by atoms with E-state index in [9.17, 15) is 0 Å². The van der Waals surface area contributed by atoms with Crippen LogP contribution in [0.4, 0.5) is 0 Å². The fraction of sp³-hybridized carbons (Fsp3) is 0.429. The van der Waals surface area contributed by atoms with Gasteiger partial charge in [0.05, 0.1) is 0 Å². The van der Waals surface area contributed by atoms with Gasteiger partial charge >= 0.3 is 121 Å². The average molecular weight is 411 g/mol. The molecule has 0 aromatic heterocycles. The molecule has 0 aliphatic heterocycles. The Morgan fingerprint density at radius 2 is 1.16 bits per heavy atom. The third-order valence-corrected chi connectivity index (χ3v) is 12.4. The van der Waals surface area contributed by atoms with E-state index in [1.165, 1.54) is 12.8 Å². The Balaban J connectivity index is 0.00000162. The predicted octanol–water partition coefficient (Wildman–Crippen LogP) is 4.39. The first kappa shape index (κ1) is 19.9. The molecule has 0 spiro atoms. The predicted molar refractivity (Wildman–Crippen MR) is 93.8 cm³/mol. The second-order valence-electron chi connectivity index (χ2n) is 5.52. The molecular weight excluding hydrogens is 386 g/mol. The summed E-state index contributed by atoms with van der Waals surface area (Å²) in [5.74, 6) is 0. The molecule has 2 aliphatic carbocycles. The van der Waals surface area contributed by atoms with E-state index in [2.05, 4.69) is 50.5 Å². The maximum atomic E-state index is 2.48. The first-order valence-corrected chi connectivity index (χ1v) is 14.9. The van der Waals surface area contributed by atoms with Gasteiger partial charge in [-0.15, -0.1) is 24.8 Å². The van der Waals surface area contributed by atoms with Crippen molar-refractivity contribution in [2.75, 3.05) is 0 Å². The van der Waals surface area contributed by atoms with Gasteiger partial charge in [0.15, 0.2) is 0 Å². The van der Waals surface area contributed by atoms with Crippen LogP contribution in [0, 0.1) is 0 Å². The van der Waals surface area contributed by atoms with Crippen LogP contribution < -0.4 is 0 Å². The maximum Gasteiger partial charge on any atom is -0.147 e. The third-order valence-electron chi connectivity index (χ3n) is 3.48. The third kappa shape index (κ3) is 4.96. The summed E-state index contributed by atoms with van der Waals surface area (Å²) >= 11 is -0.421. The first-order valence-electron chi connectivity index (χ1n) is 6.65. The normalized spacial score (nSPS) is 17.4. The van der Waals surface area contributed by atoms with Gasteiger partial charge in [-0.1, -0.05) is 0 Å². The van der Waals surface area contributed by atoms with E-state index in [1.807, 2.05) is 6.56 Å². The van der Waals surface area contributed by atoms with E-state index in [1.54, 1.807) is 10.4 Å². The van der Waals surface area contributed by atoms with Crippen molar-refractivity contribution >= 4 is 42.4 Å². The second kappa shape index (κ2) is 8.99. The van der Waals surface area contributed by atoms with Crippen LogP contribution in [0.15, 0.2) is 41.3 Å². The van der Waals surface area contributed by atoms with Crippen LogP contribution in [0.1, 0.15) is 12.8 Å². The van der Waals surface area contributed by atoms with E-state index in [4.69, 9.17) is 0 Å². The van der Waals surface area contributed by atoms with E-state index in [0.29, 0.717) is 0 Å². The Morgan fingerprint density at radius 1 is 0.789 bits per heavy atom. The van der Waals surface area contributed by atoms with Crippen molar-refractivity contribution in [3.8, 4) is 0 Å². The molecule has 0 fully saturated rings. The Morgan fingerprint density at radius 3 is 1.47 bits per heavy atom. The molecule has 0 aromatic carbocycles. The topological polar surface area (TPSA) is 0 Å². The number of hydrogen-bond donors (Lipinski definition) is 0. The first-order chi connectivity index (χ1) is 8.09.